The molecule has 140 valence electrons. The van der Waals surface area contributed by atoms with E-state index in [9.17, 15) is 0 Å². The second kappa shape index (κ2) is 6.75. The van der Waals surface area contributed by atoms with Crippen molar-refractivity contribution < 1.29 is 4.84 Å². The van der Waals surface area contributed by atoms with Crippen molar-refractivity contribution in [3.8, 4) is 0 Å². The number of hydrogen-bond acceptors (Lipinski definition) is 4. The first kappa shape index (κ1) is 16.9. The number of benzene rings is 1. The van der Waals surface area contributed by atoms with Crippen molar-refractivity contribution in [2.45, 2.75) is 24.7 Å². The minimum atomic E-state index is -0.273. The Morgan fingerprint density at radius 3 is 2.68 bits per heavy atom. The molecule has 1 saturated carbocycles. The molecule has 0 aliphatic heterocycles. The van der Waals surface area contributed by atoms with Gasteiger partial charge in [0.1, 0.15) is 18.5 Å². The number of H-pyrrole nitrogens is 1. The van der Waals surface area contributed by atoms with Crippen LogP contribution in [0, 0.1) is 5.92 Å². The summed E-state index contributed by atoms with van der Waals surface area (Å²) in [6.45, 7) is 0. The molecular formula is C23H22N4O. The maximum Gasteiger partial charge on any atom is 0.117 e. The van der Waals surface area contributed by atoms with Crippen molar-refractivity contribution in [3.63, 3.8) is 0 Å². The maximum absolute atomic E-state index is 5.10. The third-order valence-corrected chi connectivity index (χ3v) is 5.73. The summed E-state index contributed by atoms with van der Waals surface area (Å²) < 4.78 is 0. The van der Waals surface area contributed by atoms with Crippen LogP contribution in [0.5, 0.6) is 0 Å². The van der Waals surface area contributed by atoms with Gasteiger partial charge in [-0.15, -0.1) is 0 Å². The van der Waals surface area contributed by atoms with Crippen molar-refractivity contribution in [3.05, 3.63) is 89.0 Å². The zero-order chi connectivity index (χ0) is 19.0. The summed E-state index contributed by atoms with van der Waals surface area (Å²) >= 11 is 0. The molecule has 2 aliphatic rings. The predicted octanol–water partition coefficient (Wildman–Crippen LogP) is 4.12. The highest BCUT2D eigenvalue weighted by atomic mass is 16.6. The molecule has 1 aromatic carbocycles. The molecule has 0 amide bonds. The Morgan fingerprint density at radius 1 is 1.14 bits per heavy atom. The van der Waals surface area contributed by atoms with Gasteiger partial charge in [0.05, 0.1) is 0 Å². The number of allylic oxidation sites excluding steroid dienone is 1. The fraction of sp³-hybridized carbons (Fsp3) is 0.261. The van der Waals surface area contributed by atoms with Crippen LogP contribution in [0.1, 0.15) is 40.9 Å². The number of nitrogens with zero attached hydrogens (tertiary/aromatic N) is 3. The van der Waals surface area contributed by atoms with E-state index in [2.05, 4.69) is 68.9 Å². The second-order valence-corrected chi connectivity index (χ2v) is 7.49. The predicted molar refractivity (Wildman–Crippen MR) is 109 cm³/mol. The average molecular weight is 370 g/mol. The SMILES string of the molecule is CON=C(c1n[nH]c2c1C=CC(c1ccccc1)(c1cccnc1)C2)C1CC1. The number of oxime groups is 1. The van der Waals surface area contributed by atoms with E-state index in [1.807, 2.05) is 18.5 Å². The fourth-order valence-electron chi connectivity index (χ4n) is 4.15. The summed E-state index contributed by atoms with van der Waals surface area (Å²) in [6.07, 6.45) is 11.4. The molecule has 28 heavy (non-hydrogen) atoms. The first-order chi connectivity index (χ1) is 13.8. The summed E-state index contributed by atoms with van der Waals surface area (Å²) in [5.41, 5.74) is 6.26. The van der Waals surface area contributed by atoms with Crippen molar-refractivity contribution >= 4 is 11.8 Å². The Bertz CT molecular complexity index is 993. The molecule has 0 radical (unpaired) electrons. The van der Waals surface area contributed by atoms with Crippen molar-refractivity contribution in [1.82, 2.24) is 15.2 Å². The quantitative estimate of drug-likeness (QED) is 0.543. The molecule has 2 heterocycles. The van der Waals surface area contributed by atoms with Crippen LogP contribution in [-0.4, -0.2) is 28.0 Å². The number of hydrogen-bond donors (Lipinski definition) is 1. The van der Waals surface area contributed by atoms with Crippen LogP contribution in [0.25, 0.3) is 6.08 Å². The normalized spacial score (nSPS) is 21.4. The lowest BCUT2D eigenvalue weighted by Crippen LogP contribution is -2.30. The van der Waals surface area contributed by atoms with Gasteiger partial charge in [-0.05, 0) is 30.0 Å². The van der Waals surface area contributed by atoms with E-state index in [1.165, 1.54) is 11.1 Å². The summed E-state index contributed by atoms with van der Waals surface area (Å²) in [6, 6.07) is 14.7. The number of aromatic nitrogens is 3. The molecule has 2 aromatic heterocycles. The van der Waals surface area contributed by atoms with E-state index in [1.54, 1.807) is 7.11 Å². The van der Waals surface area contributed by atoms with Gasteiger partial charge in [-0.2, -0.15) is 5.10 Å². The summed E-state index contributed by atoms with van der Waals surface area (Å²) in [7, 11) is 1.60. The number of pyridine rings is 1. The Balaban J connectivity index is 1.62. The van der Waals surface area contributed by atoms with Gasteiger partial charge in [0.25, 0.3) is 0 Å². The summed E-state index contributed by atoms with van der Waals surface area (Å²) in [4.78, 5) is 9.48. The molecule has 3 aromatic rings. The van der Waals surface area contributed by atoms with Crippen molar-refractivity contribution in [2.24, 2.45) is 11.1 Å². The lowest BCUT2D eigenvalue weighted by atomic mass is 9.69. The van der Waals surface area contributed by atoms with E-state index < -0.39 is 0 Å². The lowest BCUT2D eigenvalue weighted by molar-refractivity contribution is 0.212. The number of rotatable bonds is 5. The van der Waals surface area contributed by atoms with Gasteiger partial charge in [0, 0.05) is 41.4 Å². The largest absolute Gasteiger partial charge is 0.399 e. The topological polar surface area (TPSA) is 63.2 Å². The van der Waals surface area contributed by atoms with Gasteiger partial charge in [-0.3, -0.25) is 10.1 Å². The number of fused-ring (bicyclic) bond motifs is 1. The Kier molecular flexibility index (Phi) is 4.08. The molecule has 5 rings (SSSR count). The molecular weight excluding hydrogens is 348 g/mol. The van der Waals surface area contributed by atoms with Crippen LogP contribution >= 0.6 is 0 Å². The Hall–Kier alpha value is -3.21. The first-order valence-corrected chi connectivity index (χ1v) is 9.66. The van der Waals surface area contributed by atoms with Gasteiger partial charge >= 0.3 is 0 Å². The smallest absolute Gasteiger partial charge is 0.117 e. The number of aromatic amines is 1. The molecule has 1 unspecified atom stereocenters. The highest BCUT2D eigenvalue weighted by Crippen LogP contribution is 2.42. The summed E-state index contributed by atoms with van der Waals surface area (Å²) in [5, 5.41) is 12.2. The standard InChI is InChI=1S/C23H22N4O/c1-28-27-21(16-9-10-16)22-19-11-12-23(14-20(19)25-26-22,17-6-3-2-4-7-17)18-8-5-13-24-15-18/h2-8,11-13,15-16H,9-10,14H2,1H3,(H,25,26). The van der Waals surface area contributed by atoms with Crippen LogP contribution in [-0.2, 0) is 16.7 Å². The monoisotopic (exact) mass is 370 g/mol. The molecule has 0 bridgehead atoms. The Morgan fingerprint density at radius 2 is 1.96 bits per heavy atom. The van der Waals surface area contributed by atoms with Crippen molar-refractivity contribution in [2.75, 3.05) is 7.11 Å². The van der Waals surface area contributed by atoms with Crippen LogP contribution in [0.15, 0.2) is 66.1 Å². The molecule has 0 saturated heterocycles. The first-order valence-electron chi connectivity index (χ1n) is 9.66. The van der Waals surface area contributed by atoms with Gasteiger partial charge in [-0.25, -0.2) is 0 Å². The minimum absolute atomic E-state index is 0.273. The zero-order valence-corrected chi connectivity index (χ0v) is 15.8. The van der Waals surface area contributed by atoms with E-state index in [4.69, 9.17) is 4.84 Å². The highest BCUT2D eigenvalue weighted by Gasteiger charge is 2.39. The van der Waals surface area contributed by atoms with E-state index in [0.29, 0.717) is 5.92 Å². The van der Waals surface area contributed by atoms with Gasteiger partial charge in [0.2, 0.25) is 0 Å². The minimum Gasteiger partial charge on any atom is -0.399 e. The molecule has 0 spiro atoms. The van der Waals surface area contributed by atoms with E-state index >= 15 is 0 Å². The van der Waals surface area contributed by atoms with Gasteiger partial charge < -0.3 is 4.84 Å². The molecule has 2 aliphatic carbocycles. The lowest BCUT2D eigenvalue weighted by Gasteiger charge is -2.34. The third kappa shape index (κ3) is 2.74. The van der Waals surface area contributed by atoms with Crippen LogP contribution < -0.4 is 0 Å². The average Bonchev–Trinajstić information content (AvgIpc) is 3.52. The molecule has 5 nitrogen and oxygen atoms in total. The molecule has 1 fully saturated rings. The van der Waals surface area contributed by atoms with Gasteiger partial charge in [-0.1, -0.05) is 53.7 Å². The number of nitrogens with one attached hydrogen (secondary N) is 1. The van der Waals surface area contributed by atoms with Crippen molar-refractivity contribution in [1.29, 1.82) is 0 Å². The molecule has 1 atom stereocenters. The maximum atomic E-state index is 5.10. The fourth-order valence-corrected chi connectivity index (χ4v) is 4.15. The van der Waals surface area contributed by atoms with E-state index in [0.717, 1.165) is 41.9 Å². The van der Waals surface area contributed by atoms with E-state index in [-0.39, 0.29) is 5.41 Å². The summed E-state index contributed by atoms with van der Waals surface area (Å²) in [5.74, 6) is 0.458. The molecule has 5 heteroatoms. The van der Waals surface area contributed by atoms with Gasteiger partial charge in [0.15, 0.2) is 0 Å². The molecule has 1 N–H and O–H groups in total. The van der Waals surface area contributed by atoms with Crippen LogP contribution in [0.2, 0.25) is 0 Å². The zero-order valence-electron chi connectivity index (χ0n) is 15.8. The highest BCUT2D eigenvalue weighted by molar-refractivity contribution is 6.04. The van der Waals surface area contributed by atoms with Crippen LogP contribution in [0.4, 0.5) is 0 Å². The second-order valence-electron chi connectivity index (χ2n) is 7.49. The Labute approximate surface area is 164 Å². The van der Waals surface area contributed by atoms with Crippen LogP contribution in [0.3, 0.4) is 0 Å². The third-order valence-electron chi connectivity index (χ3n) is 5.73.